The number of esters is 1. The number of hydrogen-bond donors (Lipinski definition) is 1. The highest BCUT2D eigenvalue weighted by atomic mass is 32.2. The van der Waals surface area contributed by atoms with Crippen molar-refractivity contribution >= 4 is 22.6 Å². The van der Waals surface area contributed by atoms with Gasteiger partial charge in [0.05, 0.1) is 13.4 Å². The van der Waals surface area contributed by atoms with Gasteiger partial charge in [-0.3, -0.25) is 4.21 Å². The van der Waals surface area contributed by atoms with Crippen LogP contribution in [0.25, 0.3) is 0 Å². The van der Waals surface area contributed by atoms with Gasteiger partial charge < -0.3 is 15.0 Å². The summed E-state index contributed by atoms with van der Waals surface area (Å²) >= 11 is 0. The van der Waals surface area contributed by atoms with Crippen LogP contribution in [0, 0.1) is 0 Å². The second-order valence-corrected chi connectivity index (χ2v) is 5.65. The lowest BCUT2D eigenvalue weighted by molar-refractivity contribution is 0.0596. The van der Waals surface area contributed by atoms with Gasteiger partial charge in [-0.2, -0.15) is 0 Å². The minimum atomic E-state index is -0.711. The number of nitrogen functional groups attached to an aromatic ring is 1. The van der Waals surface area contributed by atoms with Crippen LogP contribution in [-0.2, 0) is 15.5 Å². The second-order valence-electron chi connectivity index (χ2n) is 3.96. The summed E-state index contributed by atoms with van der Waals surface area (Å²) in [5, 5.41) is 0. The Bertz CT molecular complexity index is 448. The predicted octanol–water partition coefficient (Wildman–Crippen LogP) is 0.336. The highest BCUT2D eigenvalue weighted by molar-refractivity contribution is 7.85. The number of anilines is 1. The molecule has 1 fully saturated rings. The molecular weight excluding hydrogens is 242 g/mol. The van der Waals surface area contributed by atoms with Crippen LogP contribution in [0.5, 0.6) is 0 Å². The van der Waals surface area contributed by atoms with E-state index in [1.807, 2.05) is 0 Å². The van der Waals surface area contributed by atoms with Gasteiger partial charge in [0.25, 0.3) is 0 Å². The van der Waals surface area contributed by atoms with Gasteiger partial charge in [0, 0.05) is 28.3 Å². The number of rotatable bonds is 2. The molecule has 0 amide bonds. The number of imidazole rings is 1. The lowest BCUT2D eigenvalue weighted by Gasteiger charge is -2.23. The number of ether oxygens (including phenoxy) is 1. The molecule has 0 atom stereocenters. The summed E-state index contributed by atoms with van der Waals surface area (Å²) in [7, 11) is 0.585. The van der Waals surface area contributed by atoms with Crippen molar-refractivity contribution in [1.82, 2.24) is 9.55 Å². The average Bonchev–Trinajstić information content (AvgIpc) is 2.71. The molecule has 2 heterocycles. The number of hydrogen-bond acceptors (Lipinski definition) is 5. The zero-order valence-corrected chi connectivity index (χ0v) is 10.4. The van der Waals surface area contributed by atoms with Crippen LogP contribution in [0.15, 0.2) is 6.33 Å². The molecule has 7 heteroatoms. The summed E-state index contributed by atoms with van der Waals surface area (Å²) in [6.45, 7) is 0. The standard InChI is InChI=1S/C10H15N3O3S/c1-16-10(14)8-9(11)13(6-12-8)7-2-4-17(15)5-3-7/h6-7H,2-5,11H2,1H3. The Morgan fingerprint density at radius 1 is 1.59 bits per heavy atom. The maximum atomic E-state index is 11.4. The third-order valence-electron chi connectivity index (χ3n) is 2.96. The maximum absolute atomic E-state index is 11.4. The molecular formula is C10H15N3O3S. The Labute approximate surface area is 102 Å². The van der Waals surface area contributed by atoms with Crippen molar-refractivity contribution in [2.75, 3.05) is 24.3 Å². The first-order chi connectivity index (χ1) is 8.13. The molecule has 94 valence electrons. The van der Waals surface area contributed by atoms with Crippen molar-refractivity contribution in [3.05, 3.63) is 12.0 Å². The van der Waals surface area contributed by atoms with Crippen LogP contribution in [0.1, 0.15) is 29.4 Å². The molecule has 1 aliphatic rings. The Morgan fingerprint density at radius 3 is 2.82 bits per heavy atom. The van der Waals surface area contributed by atoms with E-state index in [1.54, 1.807) is 10.9 Å². The van der Waals surface area contributed by atoms with Gasteiger partial charge in [-0.05, 0) is 12.8 Å². The first-order valence-corrected chi connectivity index (χ1v) is 6.88. The van der Waals surface area contributed by atoms with Crippen molar-refractivity contribution < 1.29 is 13.7 Å². The van der Waals surface area contributed by atoms with Gasteiger partial charge in [0.2, 0.25) is 0 Å². The van der Waals surface area contributed by atoms with Crippen LogP contribution in [0.3, 0.4) is 0 Å². The summed E-state index contributed by atoms with van der Waals surface area (Å²) in [6, 6.07) is 0.179. The van der Waals surface area contributed by atoms with Crippen molar-refractivity contribution in [3.63, 3.8) is 0 Å². The fraction of sp³-hybridized carbons (Fsp3) is 0.600. The number of carbonyl (C=O) groups excluding carboxylic acids is 1. The number of aromatic nitrogens is 2. The first kappa shape index (κ1) is 12.1. The zero-order valence-electron chi connectivity index (χ0n) is 9.59. The molecule has 17 heavy (non-hydrogen) atoms. The Balaban J connectivity index is 2.19. The number of nitrogens with zero attached hydrogens (tertiary/aromatic N) is 2. The van der Waals surface area contributed by atoms with Gasteiger partial charge in [-0.1, -0.05) is 0 Å². The van der Waals surface area contributed by atoms with E-state index in [0.717, 1.165) is 12.8 Å². The molecule has 0 aliphatic carbocycles. The highest BCUT2D eigenvalue weighted by Gasteiger charge is 2.24. The molecule has 0 radical (unpaired) electrons. The van der Waals surface area contributed by atoms with Crippen LogP contribution in [0.4, 0.5) is 5.82 Å². The lowest BCUT2D eigenvalue weighted by atomic mass is 10.1. The van der Waals surface area contributed by atoms with Crippen molar-refractivity contribution in [1.29, 1.82) is 0 Å². The van der Waals surface area contributed by atoms with Gasteiger partial charge in [0.15, 0.2) is 5.69 Å². The SMILES string of the molecule is COC(=O)c1ncn(C2CCS(=O)CC2)c1N. The molecule has 0 bridgehead atoms. The second kappa shape index (κ2) is 4.87. The van der Waals surface area contributed by atoms with E-state index in [4.69, 9.17) is 5.73 Å². The Morgan fingerprint density at radius 2 is 2.24 bits per heavy atom. The van der Waals surface area contributed by atoms with Crippen LogP contribution >= 0.6 is 0 Å². The molecule has 2 N–H and O–H groups in total. The van der Waals surface area contributed by atoms with Gasteiger partial charge in [-0.15, -0.1) is 0 Å². The third kappa shape index (κ3) is 2.33. The topological polar surface area (TPSA) is 87.2 Å². The predicted molar refractivity (Wildman–Crippen MR) is 64.1 cm³/mol. The summed E-state index contributed by atoms with van der Waals surface area (Å²) in [6.07, 6.45) is 3.15. The summed E-state index contributed by atoms with van der Waals surface area (Å²) in [5.41, 5.74) is 6.02. The normalized spacial score (nSPS) is 24.5. The maximum Gasteiger partial charge on any atom is 0.360 e. The fourth-order valence-corrected chi connectivity index (χ4v) is 3.25. The van der Waals surface area contributed by atoms with Gasteiger partial charge in [0.1, 0.15) is 5.82 Å². The molecule has 0 saturated carbocycles. The monoisotopic (exact) mass is 257 g/mol. The van der Waals surface area contributed by atoms with E-state index < -0.39 is 16.8 Å². The van der Waals surface area contributed by atoms with Crippen molar-refractivity contribution in [2.24, 2.45) is 0 Å². The van der Waals surface area contributed by atoms with Crippen molar-refractivity contribution in [2.45, 2.75) is 18.9 Å². The van der Waals surface area contributed by atoms with Crippen LogP contribution in [-0.4, -0.2) is 38.3 Å². The highest BCUT2D eigenvalue weighted by Crippen LogP contribution is 2.26. The fourth-order valence-electron chi connectivity index (χ4n) is 1.98. The van der Waals surface area contributed by atoms with Crippen molar-refractivity contribution in [3.8, 4) is 0 Å². The van der Waals surface area contributed by atoms with E-state index >= 15 is 0 Å². The van der Waals surface area contributed by atoms with Crippen LogP contribution in [0.2, 0.25) is 0 Å². The largest absolute Gasteiger partial charge is 0.464 e. The minimum absolute atomic E-state index is 0.152. The molecule has 0 aromatic carbocycles. The zero-order chi connectivity index (χ0) is 12.4. The average molecular weight is 257 g/mol. The minimum Gasteiger partial charge on any atom is -0.464 e. The first-order valence-electron chi connectivity index (χ1n) is 5.39. The summed E-state index contributed by atoms with van der Waals surface area (Å²) in [5.74, 6) is 1.15. The van der Waals surface area contributed by atoms with E-state index in [-0.39, 0.29) is 11.7 Å². The number of nitrogens with two attached hydrogens (primary N) is 1. The molecule has 1 aliphatic heterocycles. The number of methoxy groups -OCH3 is 1. The molecule has 1 saturated heterocycles. The Kier molecular flexibility index (Phi) is 3.46. The van der Waals surface area contributed by atoms with Gasteiger partial charge in [-0.25, -0.2) is 9.78 Å². The van der Waals surface area contributed by atoms with E-state index in [1.165, 1.54) is 7.11 Å². The smallest absolute Gasteiger partial charge is 0.360 e. The third-order valence-corrected chi connectivity index (χ3v) is 4.34. The molecule has 2 rings (SSSR count). The van der Waals surface area contributed by atoms with Crippen LogP contribution < -0.4 is 5.73 Å². The lowest BCUT2D eigenvalue weighted by Crippen LogP contribution is -2.22. The van der Waals surface area contributed by atoms with E-state index in [2.05, 4.69) is 9.72 Å². The molecule has 1 aromatic heterocycles. The molecule has 1 aromatic rings. The Hall–Kier alpha value is -1.37. The van der Waals surface area contributed by atoms with E-state index in [0.29, 0.717) is 17.3 Å². The molecule has 0 spiro atoms. The summed E-state index contributed by atoms with van der Waals surface area (Å²) in [4.78, 5) is 15.3. The summed E-state index contributed by atoms with van der Waals surface area (Å²) < 4.78 is 17.6. The van der Waals surface area contributed by atoms with Gasteiger partial charge >= 0.3 is 5.97 Å². The molecule has 0 unspecified atom stereocenters. The number of carbonyl (C=O) groups is 1. The quantitative estimate of drug-likeness (QED) is 0.772. The van der Waals surface area contributed by atoms with E-state index in [9.17, 15) is 9.00 Å². The molecule has 6 nitrogen and oxygen atoms in total.